The van der Waals surface area contributed by atoms with Crippen molar-refractivity contribution in [2.24, 2.45) is 0 Å². The normalized spacial score (nSPS) is 16.9. The highest BCUT2D eigenvalue weighted by atomic mass is 16.5. The number of amides is 1. The molecule has 1 amide bonds. The third kappa shape index (κ3) is 4.11. The van der Waals surface area contributed by atoms with Gasteiger partial charge in [-0.2, -0.15) is 4.98 Å². The van der Waals surface area contributed by atoms with Crippen LogP contribution < -0.4 is 0 Å². The molecule has 0 saturated carbocycles. The lowest BCUT2D eigenvalue weighted by Gasteiger charge is -2.37. The van der Waals surface area contributed by atoms with Gasteiger partial charge in [0.15, 0.2) is 5.82 Å². The minimum absolute atomic E-state index is 0.166. The zero-order chi connectivity index (χ0) is 18.7. The molecular formula is C19H27N5O2. The predicted octanol–water partition coefficient (Wildman–Crippen LogP) is 1.63. The van der Waals surface area contributed by atoms with Gasteiger partial charge in [-0.3, -0.25) is 14.6 Å². The summed E-state index contributed by atoms with van der Waals surface area (Å²) in [4.78, 5) is 23.7. The Hall–Kier alpha value is -2.25. The van der Waals surface area contributed by atoms with Crippen LogP contribution in [-0.4, -0.2) is 71.0 Å². The van der Waals surface area contributed by atoms with Crippen LogP contribution in [0.1, 0.15) is 28.9 Å². The predicted molar refractivity (Wildman–Crippen MR) is 98.5 cm³/mol. The van der Waals surface area contributed by atoms with Gasteiger partial charge in [0.05, 0.1) is 6.54 Å². The van der Waals surface area contributed by atoms with Crippen LogP contribution in [0.2, 0.25) is 0 Å². The molecule has 0 unspecified atom stereocenters. The molecule has 0 radical (unpaired) electrons. The highest BCUT2D eigenvalue weighted by molar-refractivity contribution is 5.83. The van der Waals surface area contributed by atoms with E-state index < -0.39 is 0 Å². The topological polar surface area (TPSA) is 65.7 Å². The molecule has 7 heteroatoms. The second-order valence-corrected chi connectivity index (χ2v) is 7.05. The molecule has 0 spiro atoms. The lowest BCUT2D eigenvalue weighted by Crippen LogP contribution is -2.51. The molecule has 1 aliphatic heterocycles. The lowest BCUT2D eigenvalue weighted by atomic mass is 9.99. The summed E-state index contributed by atoms with van der Waals surface area (Å²) in [5, 5.41) is 3.95. The molecule has 26 heavy (non-hydrogen) atoms. The summed E-state index contributed by atoms with van der Waals surface area (Å²) in [5.41, 5.74) is 2.22. The minimum atomic E-state index is -0.248. The standard InChI is InChI=1S/C19H27N5O2/c1-14-7-5-6-8-16(14)18(22(3)4)19(25)24-11-9-23(10-12-24)13-17-20-15(2)26-21-17/h5-8,18H,9-13H2,1-4H3/t18-/m0/s1. The van der Waals surface area contributed by atoms with E-state index in [0.29, 0.717) is 31.3 Å². The van der Waals surface area contributed by atoms with Gasteiger partial charge in [-0.15, -0.1) is 0 Å². The number of hydrogen-bond acceptors (Lipinski definition) is 6. The molecular weight excluding hydrogens is 330 g/mol. The average Bonchev–Trinajstić information content (AvgIpc) is 3.02. The van der Waals surface area contributed by atoms with Crippen LogP contribution in [0, 0.1) is 13.8 Å². The third-order valence-electron chi connectivity index (χ3n) is 4.85. The van der Waals surface area contributed by atoms with Crippen molar-refractivity contribution < 1.29 is 9.32 Å². The summed E-state index contributed by atoms with van der Waals surface area (Å²) >= 11 is 0. The van der Waals surface area contributed by atoms with Gasteiger partial charge >= 0.3 is 0 Å². The molecule has 1 saturated heterocycles. The lowest BCUT2D eigenvalue weighted by molar-refractivity contribution is -0.138. The van der Waals surface area contributed by atoms with Crippen LogP contribution in [0.3, 0.4) is 0 Å². The monoisotopic (exact) mass is 357 g/mol. The maximum Gasteiger partial charge on any atom is 0.244 e. The summed E-state index contributed by atoms with van der Waals surface area (Å²) in [6.45, 7) is 7.57. The Morgan fingerprint density at radius 1 is 1.19 bits per heavy atom. The fourth-order valence-corrected chi connectivity index (χ4v) is 3.43. The number of benzene rings is 1. The van der Waals surface area contributed by atoms with E-state index in [0.717, 1.165) is 24.2 Å². The first-order valence-electron chi connectivity index (χ1n) is 8.98. The van der Waals surface area contributed by atoms with Crippen molar-refractivity contribution >= 4 is 5.91 Å². The van der Waals surface area contributed by atoms with Crippen molar-refractivity contribution in [3.05, 3.63) is 47.1 Å². The van der Waals surface area contributed by atoms with Gasteiger partial charge in [-0.1, -0.05) is 29.4 Å². The summed E-state index contributed by atoms with van der Waals surface area (Å²) < 4.78 is 5.03. The SMILES string of the molecule is Cc1nc(CN2CCN(C(=O)[C@H](c3ccccc3C)N(C)C)CC2)no1. The second-order valence-electron chi connectivity index (χ2n) is 7.05. The van der Waals surface area contributed by atoms with Gasteiger partial charge in [0.25, 0.3) is 0 Å². The highest BCUT2D eigenvalue weighted by Gasteiger charge is 2.31. The number of aryl methyl sites for hydroxylation is 2. The van der Waals surface area contributed by atoms with Gasteiger partial charge in [-0.05, 0) is 32.1 Å². The highest BCUT2D eigenvalue weighted by Crippen LogP contribution is 2.24. The summed E-state index contributed by atoms with van der Waals surface area (Å²) in [6.07, 6.45) is 0. The number of piperazine rings is 1. The Labute approximate surface area is 154 Å². The molecule has 2 heterocycles. The molecule has 1 atom stereocenters. The molecule has 1 fully saturated rings. The number of rotatable bonds is 5. The first-order valence-corrected chi connectivity index (χ1v) is 8.98. The Balaban J connectivity index is 1.64. The summed E-state index contributed by atoms with van der Waals surface area (Å²) in [5.74, 6) is 1.45. The van der Waals surface area contributed by atoms with E-state index in [1.165, 1.54) is 0 Å². The van der Waals surface area contributed by atoms with Gasteiger partial charge < -0.3 is 9.42 Å². The Morgan fingerprint density at radius 3 is 2.46 bits per heavy atom. The molecule has 1 aliphatic rings. The van der Waals surface area contributed by atoms with Crippen molar-refractivity contribution in [2.75, 3.05) is 40.3 Å². The smallest absolute Gasteiger partial charge is 0.244 e. The maximum atomic E-state index is 13.2. The Bertz CT molecular complexity index is 750. The number of aromatic nitrogens is 2. The molecule has 2 aromatic rings. The number of carbonyl (C=O) groups excluding carboxylic acids is 1. The van der Waals surface area contributed by atoms with Gasteiger partial charge in [0, 0.05) is 33.1 Å². The van der Waals surface area contributed by atoms with E-state index in [1.807, 2.05) is 42.1 Å². The molecule has 0 bridgehead atoms. The fourth-order valence-electron chi connectivity index (χ4n) is 3.43. The summed E-state index contributed by atoms with van der Waals surface area (Å²) in [7, 11) is 3.92. The first-order chi connectivity index (χ1) is 12.5. The number of hydrogen-bond donors (Lipinski definition) is 0. The van der Waals surface area contributed by atoms with Crippen LogP contribution in [0.25, 0.3) is 0 Å². The zero-order valence-corrected chi connectivity index (χ0v) is 16.0. The van der Waals surface area contributed by atoms with Gasteiger partial charge in [0.1, 0.15) is 6.04 Å². The van der Waals surface area contributed by atoms with E-state index in [-0.39, 0.29) is 11.9 Å². The van der Waals surface area contributed by atoms with Gasteiger partial charge in [0.2, 0.25) is 11.8 Å². The van der Waals surface area contributed by atoms with Crippen molar-refractivity contribution in [1.82, 2.24) is 24.8 Å². The van der Waals surface area contributed by atoms with E-state index >= 15 is 0 Å². The Kier molecular flexibility index (Phi) is 5.68. The van der Waals surface area contributed by atoms with Crippen molar-refractivity contribution in [3.8, 4) is 0 Å². The van der Waals surface area contributed by atoms with Crippen LogP contribution in [0.5, 0.6) is 0 Å². The largest absolute Gasteiger partial charge is 0.340 e. The molecule has 1 aromatic heterocycles. The first kappa shape index (κ1) is 18.5. The molecule has 1 aromatic carbocycles. The average molecular weight is 357 g/mol. The second kappa shape index (κ2) is 7.97. The third-order valence-corrected chi connectivity index (χ3v) is 4.85. The summed E-state index contributed by atoms with van der Waals surface area (Å²) in [6, 6.07) is 7.87. The molecule has 140 valence electrons. The maximum absolute atomic E-state index is 13.2. The van der Waals surface area contributed by atoms with E-state index in [2.05, 4.69) is 28.0 Å². The van der Waals surface area contributed by atoms with E-state index in [4.69, 9.17) is 4.52 Å². The quantitative estimate of drug-likeness (QED) is 0.810. The van der Waals surface area contributed by atoms with E-state index in [9.17, 15) is 4.79 Å². The van der Waals surface area contributed by atoms with Crippen molar-refractivity contribution in [2.45, 2.75) is 26.4 Å². The molecule has 7 nitrogen and oxygen atoms in total. The van der Waals surface area contributed by atoms with Gasteiger partial charge in [-0.25, -0.2) is 0 Å². The zero-order valence-electron chi connectivity index (χ0n) is 16.0. The van der Waals surface area contributed by atoms with Crippen molar-refractivity contribution in [3.63, 3.8) is 0 Å². The number of carbonyl (C=O) groups is 1. The van der Waals surface area contributed by atoms with Crippen LogP contribution in [0.15, 0.2) is 28.8 Å². The van der Waals surface area contributed by atoms with Crippen LogP contribution in [-0.2, 0) is 11.3 Å². The van der Waals surface area contributed by atoms with Crippen LogP contribution >= 0.6 is 0 Å². The molecule has 0 aliphatic carbocycles. The number of likely N-dealkylation sites (N-methyl/N-ethyl adjacent to an activating group) is 1. The minimum Gasteiger partial charge on any atom is -0.340 e. The molecule has 0 N–H and O–H groups in total. The van der Waals surface area contributed by atoms with Crippen molar-refractivity contribution in [1.29, 1.82) is 0 Å². The molecule has 3 rings (SSSR count). The number of nitrogens with zero attached hydrogens (tertiary/aromatic N) is 5. The van der Waals surface area contributed by atoms with Crippen LogP contribution in [0.4, 0.5) is 0 Å². The van der Waals surface area contributed by atoms with E-state index in [1.54, 1.807) is 6.92 Å². The Morgan fingerprint density at radius 2 is 1.88 bits per heavy atom. The fraction of sp³-hybridized carbons (Fsp3) is 0.526.